The summed E-state index contributed by atoms with van der Waals surface area (Å²) in [5.41, 5.74) is 2.05. The van der Waals surface area contributed by atoms with Gasteiger partial charge in [0.05, 0.1) is 24.4 Å². The van der Waals surface area contributed by atoms with Crippen LogP contribution < -0.4 is 4.74 Å². The molecule has 0 N–H and O–H groups in total. The molecule has 4 heteroatoms. The normalized spacial score (nSPS) is 10.3. The molecule has 0 aliphatic heterocycles. The molecule has 1 aromatic heterocycles. The van der Waals surface area contributed by atoms with Crippen LogP contribution in [0.25, 0.3) is 0 Å². The molecule has 1 aromatic carbocycles. The maximum Gasteiger partial charge on any atom is 0.232 e. The largest absolute Gasteiger partial charge is 0.477 e. The number of alkyl halides is 1. The molecule has 2 aromatic rings. The van der Waals surface area contributed by atoms with Crippen molar-refractivity contribution < 1.29 is 4.74 Å². The van der Waals surface area contributed by atoms with Crippen LogP contribution in [0.4, 0.5) is 0 Å². The van der Waals surface area contributed by atoms with Gasteiger partial charge in [0.25, 0.3) is 0 Å². The van der Waals surface area contributed by atoms with Gasteiger partial charge in [-0.2, -0.15) is 0 Å². The Labute approximate surface area is 112 Å². The number of aryl methyl sites for hydroxylation is 1. The molecule has 1 heterocycles. The molecule has 0 saturated heterocycles. The molecule has 0 radical (unpaired) electrons. The summed E-state index contributed by atoms with van der Waals surface area (Å²) in [5.74, 6) is 0.898. The molecule has 0 unspecified atom stereocenters. The lowest BCUT2D eigenvalue weighted by atomic mass is 10.1. The van der Waals surface area contributed by atoms with Gasteiger partial charge in [-0.15, -0.1) is 11.6 Å². The summed E-state index contributed by atoms with van der Waals surface area (Å²) < 4.78 is 5.54. The summed E-state index contributed by atoms with van der Waals surface area (Å²) in [6.45, 7) is 0.634. The summed E-state index contributed by atoms with van der Waals surface area (Å²) in [4.78, 5) is 8.24. The Morgan fingerprint density at radius 1 is 1.11 bits per heavy atom. The first kappa shape index (κ1) is 12.8. The zero-order chi connectivity index (χ0) is 12.6. The van der Waals surface area contributed by atoms with Crippen LogP contribution in [-0.2, 0) is 12.3 Å². The number of hydrogen-bond acceptors (Lipinski definition) is 3. The van der Waals surface area contributed by atoms with Crippen molar-refractivity contribution in [2.45, 2.75) is 18.7 Å². The zero-order valence-electron chi connectivity index (χ0n) is 10.1. The lowest BCUT2D eigenvalue weighted by Gasteiger charge is -2.05. The Morgan fingerprint density at radius 2 is 1.94 bits per heavy atom. The molecule has 18 heavy (non-hydrogen) atoms. The molecule has 0 fully saturated rings. The molecule has 94 valence electrons. The fraction of sp³-hybridized carbons (Fsp3) is 0.286. The van der Waals surface area contributed by atoms with E-state index in [0.29, 0.717) is 18.4 Å². The van der Waals surface area contributed by atoms with Gasteiger partial charge in [-0.3, -0.25) is 4.98 Å². The van der Waals surface area contributed by atoms with Crippen molar-refractivity contribution >= 4 is 11.6 Å². The van der Waals surface area contributed by atoms with Gasteiger partial charge in [-0.25, -0.2) is 4.98 Å². The number of nitrogens with zero attached hydrogens (tertiary/aromatic N) is 2. The predicted molar refractivity (Wildman–Crippen MR) is 71.8 cm³/mol. The molecule has 0 aliphatic carbocycles. The topological polar surface area (TPSA) is 35.0 Å². The van der Waals surface area contributed by atoms with Crippen LogP contribution in [0, 0.1) is 0 Å². The van der Waals surface area contributed by atoms with Gasteiger partial charge in [-0.05, 0) is 18.4 Å². The van der Waals surface area contributed by atoms with Gasteiger partial charge in [0.15, 0.2) is 0 Å². The maximum atomic E-state index is 5.68. The SMILES string of the molecule is ClCc1cncc(OCCCc2ccccc2)n1. The van der Waals surface area contributed by atoms with Crippen molar-refractivity contribution in [2.75, 3.05) is 6.61 Å². The molecular weight excluding hydrogens is 248 g/mol. The summed E-state index contributed by atoms with van der Waals surface area (Å²) >= 11 is 5.68. The first-order valence-corrected chi connectivity index (χ1v) is 6.45. The van der Waals surface area contributed by atoms with Crippen LogP contribution >= 0.6 is 11.6 Å². The van der Waals surface area contributed by atoms with E-state index in [1.54, 1.807) is 12.4 Å². The first-order chi connectivity index (χ1) is 8.88. The third-order valence-electron chi connectivity index (χ3n) is 2.50. The maximum absolute atomic E-state index is 5.68. The Morgan fingerprint density at radius 3 is 2.72 bits per heavy atom. The van der Waals surface area contributed by atoms with E-state index < -0.39 is 0 Å². The highest BCUT2D eigenvalue weighted by Gasteiger charge is 1.99. The summed E-state index contributed by atoms with van der Waals surface area (Å²) in [6, 6.07) is 10.4. The average Bonchev–Trinajstić information content (AvgIpc) is 2.45. The van der Waals surface area contributed by atoms with Crippen molar-refractivity contribution in [3.05, 3.63) is 54.0 Å². The van der Waals surface area contributed by atoms with E-state index in [1.807, 2.05) is 18.2 Å². The predicted octanol–water partition coefficient (Wildman–Crippen LogP) is 3.23. The third kappa shape index (κ3) is 4.00. The van der Waals surface area contributed by atoms with Crippen LogP contribution in [0.3, 0.4) is 0 Å². The summed E-state index contributed by atoms with van der Waals surface area (Å²) in [5, 5.41) is 0. The zero-order valence-corrected chi connectivity index (χ0v) is 10.8. The fourth-order valence-electron chi connectivity index (χ4n) is 1.62. The van der Waals surface area contributed by atoms with Gasteiger partial charge in [0.2, 0.25) is 5.88 Å². The van der Waals surface area contributed by atoms with E-state index in [0.717, 1.165) is 18.5 Å². The second kappa shape index (κ2) is 6.97. The Hall–Kier alpha value is -1.61. The molecular formula is C14H15ClN2O. The van der Waals surface area contributed by atoms with E-state index in [1.165, 1.54) is 5.56 Å². The van der Waals surface area contributed by atoms with Crippen molar-refractivity contribution in [2.24, 2.45) is 0 Å². The highest BCUT2D eigenvalue weighted by Crippen LogP contribution is 2.08. The number of ether oxygens (including phenoxy) is 1. The van der Waals surface area contributed by atoms with Crippen molar-refractivity contribution in [3.8, 4) is 5.88 Å². The van der Waals surface area contributed by atoms with Gasteiger partial charge >= 0.3 is 0 Å². The Bertz CT molecular complexity index is 476. The summed E-state index contributed by atoms with van der Waals surface area (Å²) in [7, 11) is 0. The molecule has 0 aliphatic rings. The monoisotopic (exact) mass is 262 g/mol. The van der Waals surface area contributed by atoms with E-state index in [4.69, 9.17) is 16.3 Å². The molecule has 2 rings (SSSR count). The van der Waals surface area contributed by atoms with Crippen LogP contribution in [0.15, 0.2) is 42.7 Å². The highest BCUT2D eigenvalue weighted by molar-refractivity contribution is 6.16. The van der Waals surface area contributed by atoms with Crippen molar-refractivity contribution in [1.29, 1.82) is 0 Å². The minimum Gasteiger partial charge on any atom is -0.477 e. The molecule has 0 amide bonds. The second-order valence-corrected chi connectivity index (χ2v) is 4.19. The first-order valence-electron chi connectivity index (χ1n) is 5.92. The number of aromatic nitrogens is 2. The molecule has 0 atom stereocenters. The number of benzene rings is 1. The van der Waals surface area contributed by atoms with Crippen LogP contribution in [0.2, 0.25) is 0 Å². The van der Waals surface area contributed by atoms with Crippen molar-refractivity contribution in [1.82, 2.24) is 9.97 Å². The Kier molecular flexibility index (Phi) is 4.97. The van der Waals surface area contributed by atoms with E-state index in [-0.39, 0.29) is 0 Å². The van der Waals surface area contributed by atoms with Crippen LogP contribution in [0.1, 0.15) is 17.7 Å². The van der Waals surface area contributed by atoms with Gasteiger partial charge in [-0.1, -0.05) is 30.3 Å². The number of halogens is 1. The third-order valence-corrected chi connectivity index (χ3v) is 2.78. The second-order valence-electron chi connectivity index (χ2n) is 3.92. The highest BCUT2D eigenvalue weighted by atomic mass is 35.5. The molecule has 0 bridgehead atoms. The smallest absolute Gasteiger partial charge is 0.232 e. The minimum atomic E-state index is 0.355. The lowest BCUT2D eigenvalue weighted by Crippen LogP contribution is -2.02. The van der Waals surface area contributed by atoms with Crippen molar-refractivity contribution in [3.63, 3.8) is 0 Å². The van der Waals surface area contributed by atoms with Crippen LogP contribution in [0.5, 0.6) is 5.88 Å². The van der Waals surface area contributed by atoms with Crippen LogP contribution in [-0.4, -0.2) is 16.6 Å². The Balaban J connectivity index is 1.75. The quantitative estimate of drug-likeness (QED) is 0.592. The van der Waals surface area contributed by atoms with E-state index in [9.17, 15) is 0 Å². The molecule has 0 saturated carbocycles. The van der Waals surface area contributed by atoms with Gasteiger partial charge in [0, 0.05) is 6.20 Å². The van der Waals surface area contributed by atoms with E-state index in [2.05, 4.69) is 22.1 Å². The van der Waals surface area contributed by atoms with E-state index >= 15 is 0 Å². The lowest BCUT2D eigenvalue weighted by molar-refractivity contribution is 0.297. The standard InChI is InChI=1S/C14H15ClN2O/c15-9-13-10-16-11-14(17-13)18-8-4-7-12-5-2-1-3-6-12/h1-3,5-6,10-11H,4,7-9H2. The fourth-order valence-corrected chi connectivity index (χ4v) is 1.75. The minimum absolute atomic E-state index is 0.355. The van der Waals surface area contributed by atoms with Gasteiger partial charge < -0.3 is 4.74 Å². The molecule has 0 spiro atoms. The summed E-state index contributed by atoms with van der Waals surface area (Å²) in [6.07, 6.45) is 5.21. The van der Waals surface area contributed by atoms with Gasteiger partial charge in [0.1, 0.15) is 0 Å². The average molecular weight is 263 g/mol. The molecule has 3 nitrogen and oxygen atoms in total. The number of hydrogen-bond donors (Lipinski definition) is 0. The number of rotatable bonds is 6.